The summed E-state index contributed by atoms with van der Waals surface area (Å²) in [6, 6.07) is 1.20. The lowest BCUT2D eigenvalue weighted by molar-refractivity contribution is -0.389. The summed E-state index contributed by atoms with van der Waals surface area (Å²) in [5.41, 5.74) is -0.706. The molecule has 114 valence electrons. The molecule has 1 aromatic heterocycles. The van der Waals surface area contributed by atoms with Gasteiger partial charge in [-0.1, -0.05) is 12.8 Å². The minimum atomic E-state index is -0.952. The van der Waals surface area contributed by atoms with Crippen molar-refractivity contribution in [3.05, 3.63) is 22.4 Å². The van der Waals surface area contributed by atoms with E-state index in [0.717, 1.165) is 17.5 Å². The molecule has 1 fully saturated rings. The first-order valence-corrected chi connectivity index (χ1v) is 6.61. The van der Waals surface area contributed by atoms with Gasteiger partial charge in [0.1, 0.15) is 6.54 Å². The molecular weight excluding hydrogens is 280 g/mol. The highest BCUT2D eigenvalue weighted by molar-refractivity contribution is 5.78. The Hall–Kier alpha value is -2.45. The number of carbonyl (C=O) groups excluding carboxylic acids is 1. The molecule has 1 aliphatic rings. The molecule has 0 radical (unpaired) electrons. The number of nitrogens with one attached hydrogen (secondary N) is 1. The molecule has 1 aromatic rings. The fourth-order valence-electron chi connectivity index (χ4n) is 2.71. The Morgan fingerprint density at radius 1 is 1.48 bits per heavy atom. The molecule has 1 saturated carbocycles. The molecule has 21 heavy (non-hydrogen) atoms. The second kappa shape index (κ2) is 5.90. The van der Waals surface area contributed by atoms with Gasteiger partial charge in [-0.2, -0.15) is 4.68 Å². The van der Waals surface area contributed by atoms with Gasteiger partial charge in [-0.15, -0.1) is 0 Å². The van der Waals surface area contributed by atoms with E-state index in [0.29, 0.717) is 12.8 Å². The molecule has 9 nitrogen and oxygen atoms in total. The Morgan fingerprint density at radius 3 is 2.67 bits per heavy atom. The van der Waals surface area contributed by atoms with Gasteiger partial charge in [-0.3, -0.25) is 9.59 Å². The summed E-state index contributed by atoms with van der Waals surface area (Å²) < 4.78 is 1.16. The summed E-state index contributed by atoms with van der Waals surface area (Å²) in [5, 5.41) is 25.9. The maximum Gasteiger partial charge on any atom is 0.389 e. The number of hydrogen-bond acceptors (Lipinski definition) is 5. The van der Waals surface area contributed by atoms with Crippen molar-refractivity contribution < 1.29 is 19.6 Å². The van der Waals surface area contributed by atoms with Crippen molar-refractivity contribution in [1.29, 1.82) is 0 Å². The summed E-state index contributed by atoms with van der Waals surface area (Å²) in [7, 11) is 0. The van der Waals surface area contributed by atoms with E-state index in [1.54, 1.807) is 0 Å². The summed E-state index contributed by atoms with van der Waals surface area (Å²) >= 11 is 0. The predicted octanol–water partition coefficient (Wildman–Crippen LogP) is 0.695. The first-order chi connectivity index (χ1) is 9.90. The predicted molar refractivity (Wildman–Crippen MR) is 70.5 cm³/mol. The highest BCUT2D eigenvalue weighted by atomic mass is 16.6. The van der Waals surface area contributed by atoms with Crippen LogP contribution in [0.2, 0.25) is 0 Å². The lowest BCUT2D eigenvalue weighted by atomic mass is 9.93. The lowest BCUT2D eigenvalue weighted by Crippen LogP contribution is -2.48. The average Bonchev–Trinajstić information content (AvgIpc) is 2.98. The third-order valence-corrected chi connectivity index (χ3v) is 3.57. The van der Waals surface area contributed by atoms with Crippen LogP contribution >= 0.6 is 0 Å². The van der Waals surface area contributed by atoms with E-state index in [1.165, 1.54) is 12.3 Å². The molecule has 1 aliphatic carbocycles. The van der Waals surface area contributed by atoms with Gasteiger partial charge in [0.15, 0.2) is 0 Å². The average molecular weight is 296 g/mol. The maximum atomic E-state index is 12.0. The maximum absolute atomic E-state index is 12.0. The number of carboxylic acids is 1. The molecule has 0 spiro atoms. The largest absolute Gasteiger partial charge is 0.481 e. The van der Waals surface area contributed by atoms with E-state index in [4.69, 9.17) is 5.11 Å². The van der Waals surface area contributed by atoms with Crippen molar-refractivity contribution in [3.8, 4) is 0 Å². The SMILES string of the molecule is O=C(O)CC1(NC(=O)Cn2ccc([N+](=O)[O-])n2)CCCC1. The highest BCUT2D eigenvalue weighted by Crippen LogP contribution is 2.32. The summed E-state index contributed by atoms with van der Waals surface area (Å²) in [4.78, 5) is 32.8. The monoisotopic (exact) mass is 296 g/mol. The topological polar surface area (TPSA) is 127 Å². The standard InChI is InChI=1S/C12H16N4O5/c17-10(8-15-6-3-9(14-15)16(20)21)13-12(7-11(18)19)4-1-2-5-12/h3,6H,1-2,4-5,7-8H2,(H,13,17)(H,18,19). The van der Waals surface area contributed by atoms with Crippen molar-refractivity contribution in [2.24, 2.45) is 0 Å². The zero-order valence-electron chi connectivity index (χ0n) is 11.3. The van der Waals surface area contributed by atoms with Crippen molar-refractivity contribution in [2.75, 3.05) is 0 Å². The van der Waals surface area contributed by atoms with Gasteiger partial charge in [-0.25, -0.2) is 0 Å². The molecule has 0 bridgehead atoms. The van der Waals surface area contributed by atoms with Gasteiger partial charge in [0.25, 0.3) is 0 Å². The van der Waals surface area contributed by atoms with E-state index in [9.17, 15) is 19.7 Å². The first kappa shape index (κ1) is 14.9. The van der Waals surface area contributed by atoms with Crippen LogP contribution < -0.4 is 5.32 Å². The van der Waals surface area contributed by atoms with Crippen LogP contribution in [0.25, 0.3) is 0 Å². The molecule has 1 amide bonds. The van der Waals surface area contributed by atoms with E-state index in [2.05, 4.69) is 10.4 Å². The molecule has 0 atom stereocenters. The molecule has 0 aromatic carbocycles. The van der Waals surface area contributed by atoms with Crippen molar-refractivity contribution in [2.45, 2.75) is 44.2 Å². The minimum absolute atomic E-state index is 0.113. The number of hydrogen-bond donors (Lipinski definition) is 2. The number of aromatic nitrogens is 2. The Kier molecular flexibility index (Phi) is 4.20. The third kappa shape index (κ3) is 3.77. The molecule has 0 unspecified atom stereocenters. The minimum Gasteiger partial charge on any atom is -0.481 e. The normalized spacial score (nSPS) is 16.6. The van der Waals surface area contributed by atoms with Gasteiger partial charge in [0.05, 0.1) is 29.3 Å². The van der Waals surface area contributed by atoms with E-state index < -0.39 is 22.3 Å². The zero-order valence-corrected chi connectivity index (χ0v) is 11.3. The third-order valence-electron chi connectivity index (χ3n) is 3.57. The molecule has 1 heterocycles. The number of aliphatic carboxylic acids is 1. The van der Waals surface area contributed by atoms with E-state index in [-0.39, 0.29) is 18.8 Å². The molecule has 2 N–H and O–H groups in total. The molecule has 2 rings (SSSR count). The van der Waals surface area contributed by atoms with E-state index >= 15 is 0 Å². The van der Waals surface area contributed by atoms with Crippen molar-refractivity contribution in [3.63, 3.8) is 0 Å². The van der Waals surface area contributed by atoms with Crippen LogP contribution in [-0.2, 0) is 16.1 Å². The van der Waals surface area contributed by atoms with Gasteiger partial charge >= 0.3 is 11.8 Å². The van der Waals surface area contributed by atoms with Crippen LogP contribution in [0.4, 0.5) is 5.82 Å². The van der Waals surface area contributed by atoms with E-state index in [1.807, 2.05) is 0 Å². The Labute approximate surface area is 120 Å². The number of carboxylic acid groups (broad SMARTS) is 1. The Bertz CT molecular complexity index is 562. The smallest absolute Gasteiger partial charge is 0.389 e. The lowest BCUT2D eigenvalue weighted by Gasteiger charge is -2.28. The second-order valence-corrected chi connectivity index (χ2v) is 5.23. The second-order valence-electron chi connectivity index (χ2n) is 5.23. The van der Waals surface area contributed by atoms with Crippen molar-refractivity contribution in [1.82, 2.24) is 15.1 Å². The highest BCUT2D eigenvalue weighted by Gasteiger charge is 2.37. The fraction of sp³-hybridized carbons (Fsp3) is 0.583. The van der Waals surface area contributed by atoms with Crippen LogP contribution in [0.5, 0.6) is 0 Å². The van der Waals surface area contributed by atoms with Crippen LogP contribution in [0.15, 0.2) is 12.3 Å². The number of nitro groups is 1. The number of nitrogens with zero attached hydrogens (tertiary/aromatic N) is 3. The summed E-state index contributed by atoms with van der Waals surface area (Å²) in [6.45, 7) is -0.171. The summed E-state index contributed by atoms with van der Waals surface area (Å²) in [6.07, 6.45) is 4.24. The molecular formula is C12H16N4O5. The van der Waals surface area contributed by atoms with Gasteiger partial charge in [-0.05, 0) is 17.8 Å². The van der Waals surface area contributed by atoms with Crippen LogP contribution in [0.3, 0.4) is 0 Å². The molecule has 9 heteroatoms. The van der Waals surface area contributed by atoms with Crippen molar-refractivity contribution >= 4 is 17.7 Å². The number of rotatable bonds is 6. The first-order valence-electron chi connectivity index (χ1n) is 6.61. The fourth-order valence-corrected chi connectivity index (χ4v) is 2.71. The molecule has 0 saturated heterocycles. The molecule has 0 aliphatic heterocycles. The van der Waals surface area contributed by atoms with Crippen LogP contribution in [0.1, 0.15) is 32.1 Å². The zero-order chi connectivity index (χ0) is 15.5. The number of carbonyl (C=O) groups is 2. The Morgan fingerprint density at radius 2 is 2.14 bits per heavy atom. The van der Waals surface area contributed by atoms with Crippen LogP contribution in [-0.4, -0.2) is 37.2 Å². The quantitative estimate of drug-likeness (QED) is 0.587. The van der Waals surface area contributed by atoms with Crippen LogP contribution in [0, 0.1) is 10.1 Å². The Balaban J connectivity index is 1.98. The summed E-state index contributed by atoms with van der Waals surface area (Å²) in [5.74, 6) is -1.67. The van der Waals surface area contributed by atoms with Gasteiger partial charge in [0, 0.05) is 0 Å². The van der Waals surface area contributed by atoms with Gasteiger partial charge in [0.2, 0.25) is 5.91 Å². The number of amides is 1. The van der Waals surface area contributed by atoms with Gasteiger partial charge < -0.3 is 20.5 Å².